The Morgan fingerprint density at radius 2 is 1.85 bits per heavy atom. The summed E-state index contributed by atoms with van der Waals surface area (Å²) in [5, 5.41) is 3.16. The van der Waals surface area contributed by atoms with Crippen LogP contribution >= 0.6 is 0 Å². The number of rotatable bonds is 5. The van der Waals surface area contributed by atoms with Crippen LogP contribution in [0.2, 0.25) is 0 Å². The topological polar surface area (TPSA) is 21.3 Å². The monoisotopic (exact) mass is 273 g/mol. The molecule has 2 aromatic rings. The van der Waals surface area contributed by atoms with E-state index in [0.717, 1.165) is 16.9 Å². The average molecular weight is 273 g/mol. The number of hydrogen-bond acceptors (Lipinski definition) is 2. The van der Waals surface area contributed by atoms with Crippen LogP contribution < -0.4 is 10.1 Å². The lowest BCUT2D eigenvalue weighted by atomic mass is 9.99. The van der Waals surface area contributed by atoms with Gasteiger partial charge in [0.2, 0.25) is 0 Å². The van der Waals surface area contributed by atoms with Gasteiger partial charge in [-0.3, -0.25) is 0 Å². The minimum atomic E-state index is -0.207. The van der Waals surface area contributed by atoms with E-state index in [1.165, 1.54) is 6.07 Å². The van der Waals surface area contributed by atoms with Gasteiger partial charge in [-0.2, -0.15) is 0 Å². The van der Waals surface area contributed by atoms with Crippen LogP contribution in [0.5, 0.6) is 5.75 Å². The summed E-state index contributed by atoms with van der Waals surface area (Å²) in [6, 6.07) is 12.9. The van der Waals surface area contributed by atoms with E-state index in [9.17, 15) is 4.39 Å². The first-order valence-corrected chi connectivity index (χ1v) is 6.85. The summed E-state index contributed by atoms with van der Waals surface area (Å²) < 4.78 is 19.4. The van der Waals surface area contributed by atoms with Crippen LogP contribution in [-0.4, -0.2) is 13.7 Å². The molecule has 0 fully saturated rings. The van der Waals surface area contributed by atoms with Gasteiger partial charge in [0.1, 0.15) is 11.6 Å². The van der Waals surface area contributed by atoms with Crippen molar-refractivity contribution >= 4 is 0 Å². The molecule has 1 atom stereocenters. The fourth-order valence-electron chi connectivity index (χ4n) is 2.10. The molecule has 0 bridgehead atoms. The second-order valence-electron chi connectivity index (χ2n) is 4.71. The summed E-state index contributed by atoms with van der Waals surface area (Å²) in [7, 11) is 1.89. The van der Waals surface area contributed by atoms with Gasteiger partial charge in [-0.1, -0.05) is 18.2 Å². The van der Waals surface area contributed by atoms with Gasteiger partial charge in [0.05, 0.1) is 6.61 Å². The van der Waals surface area contributed by atoms with Crippen molar-refractivity contribution in [3.63, 3.8) is 0 Å². The summed E-state index contributed by atoms with van der Waals surface area (Å²) in [4.78, 5) is 0. The minimum Gasteiger partial charge on any atom is -0.494 e. The normalized spacial score (nSPS) is 12.2. The standard InChI is InChI=1S/C17H20FNO/c1-4-20-15-8-5-13(6-9-15)16-11-14(12(2)19-3)7-10-17(16)18/h5-12,19H,4H2,1-3H3. The number of halogens is 1. The third-order valence-corrected chi connectivity index (χ3v) is 3.40. The van der Waals surface area contributed by atoms with Gasteiger partial charge in [0.25, 0.3) is 0 Å². The molecule has 0 heterocycles. The van der Waals surface area contributed by atoms with Crippen molar-refractivity contribution in [3.05, 3.63) is 53.8 Å². The van der Waals surface area contributed by atoms with Crippen LogP contribution in [0.3, 0.4) is 0 Å². The predicted molar refractivity (Wildman–Crippen MR) is 80.5 cm³/mol. The van der Waals surface area contributed by atoms with Gasteiger partial charge in [-0.25, -0.2) is 4.39 Å². The first kappa shape index (κ1) is 14.5. The smallest absolute Gasteiger partial charge is 0.131 e. The summed E-state index contributed by atoms with van der Waals surface area (Å²) in [5.74, 6) is 0.595. The summed E-state index contributed by atoms with van der Waals surface area (Å²) in [6.45, 7) is 4.62. The Hall–Kier alpha value is -1.87. The Morgan fingerprint density at radius 1 is 1.15 bits per heavy atom. The lowest BCUT2D eigenvalue weighted by Gasteiger charge is -2.13. The zero-order chi connectivity index (χ0) is 14.5. The fourth-order valence-corrected chi connectivity index (χ4v) is 2.10. The maximum absolute atomic E-state index is 14.0. The van der Waals surface area contributed by atoms with Crippen LogP contribution in [0.1, 0.15) is 25.5 Å². The highest BCUT2D eigenvalue weighted by atomic mass is 19.1. The zero-order valence-corrected chi connectivity index (χ0v) is 12.1. The van der Waals surface area contributed by atoms with Crippen LogP contribution in [0, 0.1) is 5.82 Å². The van der Waals surface area contributed by atoms with Crippen LogP contribution in [0.15, 0.2) is 42.5 Å². The first-order valence-electron chi connectivity index (χ1n) is 6.85. The summed E-state index contributed by atoms with van der Waals surface area (Å²) >= 11 is 0. The minimum absolute atomic E-state index is 0.192. The molecule has 0 spiro atoms. The van der Waals surface area contributed by atoms with E-state index >= 15 is 0 Å². The summed E-state index contributed by atoms with van der Waals surface area (Å²) in [5.41, 5.74) is 2.54. The lowest BCUT2D eigenvalue weighted by Crippen LogP contribution is -2.12. The predicted octanol–water partition coefficient (Wildman–Crippen LogP) is 4.17. The molecule has 0 amide bonds. The van der Waals surface area contributed by atoms with E-state index in [0.29, 0.717) is 12.2 Å². The van der Waals surface area contributed by atoms with Crippen molar-refractivity contribution in [2.45, 2.75) is 19.9 Å². The quantitative estimate of drug-likeness (QED) is 0.882. The molecule has 0 aliphatic carbocycles. The molecule has 1 unspecified atom stereocenters. The Balaban J connectivity index is 2.35. The van der Waals surface area contributed by atoms with Gasteiger partial charge in [-0.15, -0.1) is 0 Å². The van der Waals surface area contributed by atoms with Gasteiger partial charge >= 0.3 is 0 Å². The Labute approximate surface area is 119 Å². The molecular weight excluding hydrogens is 253 g/mol. The number of hydrogen-bond donors (Lipinski definition) is 1. The third-order valence-electron chi connectivity index (χ3n) is 3.40. The molecule has 0 saturated carbocycles. The maximum atomic E-state index is 14.0. The lowest BCUT2D eigenvalue weighted by molar-refractivity contribution is 0.340. The molecule has 3 heteroatoms. The van der Waals surface area contributed by atoms with E-state index in [-0.39, 0.29) is 11.9 Å². The zero-order valence-electron chi connectivity index (χ0n) is 12.1. The van der Waals surface area contributed by atoms with Crippen molar-refractivity contribution in [2.75, 3.05) is 13.7 Å². The Bertz CT molecular complexity index is 566. The molecule has 1 N–H and O–H groups in total. The first-order chi connectivity index (χ1) is 9.65. The van der Waals surface area contributed by atoms with Gasteiger partial charge in [0, 0.05) is 11.6 Å². The van der Waals surface area contributed by atoms with E-state index in [2.05, 4.69) is 12.2 Å². The summed E-state index contributed by atoms with van der Waals surface area (Å²) in [6.07, 6.45) is 0. The van der Waals surface area contributed by atoms with Crippen LogP contribution in [0.25, 0.3) is 11.1 Å². The van der Waals surface area contributed by atoms with Crippen molar-refractivity contribution < 1.29 is 9.13 Å². The molecule has 0 radical (unpaired) electrons. The Kier molecular flexibility index (Phi) is 4.74. The molecule has 20 heavy (non-hydrogen) atoms. The highest BCUT2D eigenvalue weighted by molar-refractivity contribution is 5.65. The second-order valence-corrected chi connectivity index (χ2v) is 4.71. The average Bonchev–Trinajstić information content (AvgIpc) is 2.48. The highest BCUT2D eigenvalue weighted by Gasteiger charge is 2.09. The molecule has 106 valence electrons. The van der Waals surface area contributed by atoms with E-state index in [1.54, 1.807) is 0 Å². The van der Waals surface area contributed by atoms with Crippen LogP contribution in [-0.2, 0) is 0 Å². The third kappa shape index (κ3) is 3.17. The van der Waals surface area contributed by atoms with Crippen LogP contribution in [0.4, 0.5) is 4.39 Å². The molecule has 0 aromatic heterocycles. The molecule has 0 aliphatic heterocycles. The number of ether oxygens (including phenoxy) is 1. The van der Waals surface area contributed by atoms with Crippen molar-refractivity contribution in [2.24, 2.45) is 0 Å². The number of benzene rings is 2. The van der Waals surface area contributed by atoms with Crippen molar-refractivity contribution in [1.29, 1.82) is 0 Å². The molecular formula is C17H20FNO. The van der Waals surface area contributed by atoms with Crippen molar-refractivity contribution in [1.82, 2.24) is 5.32 Å². The SMILES string of the molecule is CCOc1ccc(-c2cc(C(C)NC)ccc2F)cc1. The number of nitrogens with one attached hydrogen (secondary N) is 1. The second kappa shape index (κ2) is 6.53. The van der Waals surface area contributed by atoms with E-state index in [4.69, 9.17) is 4.74 Å². The molecule has 2 rings (SSSR count). The van der Waals surface area contributed by atoms with Gasteiger partial charge < -0.3 is 10.1 Å². The van der Waals surface area contributed by atoms with E-state index in [1.807, 2.05) is 50.4 Å². The van der Waals surface area contributed by atoms with Gasteiger partial charge in [-0.05, 0) is 56.3 Å². The van der Waals surface area contributed by atoms with E-state index < -0.39 is 0 Å². The molecule has 0 saturated heterocycles. The molecule has 2 nitrogen and oxygen atoms in total. The fraction of sp³-hybridized carbons (Fsp3) is 0.294. The maximum Gasteiger partial charge on any atom is 0.131 e. The largest absolute Gasteiger partial charge is 0.494 e. The van der Waals surface area contributed by atoms with Gasteiger partial charge in [0.15, 0.2) is 0 Å². The molecule has 2 aromatic carbocycles. The Morgan fingerprint density at radius 3 is 2.45 bits per heavy atom. The van der Waals surface area contributed by atoms with Crippen molar-refractivity contribution in [3.8, 4) is 16.9 Å². The highest BCUT2D eigenvalue weighted by Crippen LogP contribution is 2.27. The molecule has 0 aliphatic rings.